The van der Waals surface area contributed by atoms with Gasteiger partial charge in [-0.05, 0) is 44.3 Å². The van der Waals surface area contributed by atoms with Crippen LogP contribution in [0.25, 0.3) is 32.9 Å². The van der Waals surface area contributed by atoms with Gasteiger partial charge in [0.05, 0.1) is 15.9 Å². The van der Waals surface area contributed by atoms with Gasteiger partial charge in [0, 0.05) is 81.4 Å². The van der Waals surface area contributed by atoms with Gasteiger partial charge in [-0.15, -0.1) is 0 Å². The summed E-state index contributed by atoms with van der Waals surface area (Å²) in [7, 11) is 3.91. The zero-order chi connectivity index (χ0) is 34.7. The maximum atomic E-state index is 16.7. The predicted molar refractivity (Wildman–Crippen MR) is 187 cm³/mol. The Morgan fingerprint density at radius 1 is 1.16 bits per heavy atom. The second-order valence-corrected chi connectivity index (χ2v) is 14.7. The summed E-state index contributed by atoms with van der Waals surface area (Å²) in [6.45, 7) is 4.15. The molecule has 3 atom stereocenters. The van der Waals surface area contributed by atoms with Gasteiger partial charge in [-0.25, -0.2) is 13.2 Å². The van der Waals surface area contributed by atoms with Crippen LogP contribution in [0.15, 0.2) is 48.7 Å². The molecule has 4 aliphatic heterocycles. The number of ether oxygens (including phenoxy) is 1. The predicted octanol–water partition coefficient (Wildman–Crippen LogP) is 5.89. The van der Waals surface area contributed by atoms with Crippen molar-refractivity contribution in [3.63, 3.8) is 0 Å². The number of likely N-dealkylation sites (N-methyl/N-ethyl adjacent to an activating group) is 1. The Kier molecular flexibility index (Phi) is 8.59. The molecular formula is C37H39ClF3N7O2. The molecule has 0 N–H and O–H groups in total. The number of rotatable bonds is 9. The quantitative estimate of drug-likeness (QED) is 0.200. The van der Waals surface area contributed by atoms with E-state index in [4.69, 9.17) is 21.3 Å². The van der Waals surface area contributed by atoms with Gasteiger partial charge >= 0.3 is 6.01 Å². The summed E-state index contributed by atoms with van der Waals surface area (Å²) in [5.74, 6) is -0.725. The number of nitrogens with zero attached hydrogens (tertiary/aromatic N) is 7. The Morgan fingerprint density at radius 2 is 2.00 bits per heavy atom. The van der Waals surface area contributed by atoms with Crippen LogP contribution in [0.3, 0.4) is 0 Å². The maximum Gasteiger partial charge on any atom is 0.319 e. The minimum atomic E-state index is -0.925. The molecule has 2 aromatic heterocycles. The van der Waals surface area contributed by atoms with Gasteiger partial charge in [0.1, 0.15) is 35.6 Å². The van der Waals surface area contributed by atoms with Gasteiger partial charge in [-0.3, -0.25) is 19.6 Å². The number of fused-ring (bicyclic) bond motifs is 3. The standard InChI is InChI=1S/C37H39ClF3N7O2/c1-45-14-11-25(45)8-10-29(49)47-18-22(19-47)17-46(2)35-27-16-42-33(26-6-3-5-23-7-9-28(40)31(38)30(23)26)32(41)34(27)43-36(44-35)50-21-37-12-4-13-48(37)20-24(39)15-37/h3,5-10,16,22,24-25H,4,11-15,17-21H2,1-2H3/b10-8+/t24-,25-,37?/m1/s1. The van der Waals surface area contributed by atoms with Crippen LogP contribution in [0.1, 0.15) is 25.7 Å². The number of hydrogen-bond donors (Lipinski definition) is 0. The molecule has 6 heterocycles. The highest BCUT2D eigenvalue weighted by molar-refractivity contribution is 6.36. The maximum absolute atomic E-state index is 16.7. The minimum absolute atomic E-state index is 0.00143. The van der Waals surface area contributed by atoms with Crippen molar-refractivity contribution >= 4 is 45.0 Å². The van der Waals surface area contributed by atoms with E-state index in [1.54, 1.807) is 30.3 Å². The van der Waals surface area contributed by atoms with Crippen LogP contribution in [0.2, 0.25) is 5.02 Å². The van der Waals surface area contributed by atoms with E-state index in [0.29, 0.717) is 66.2 Å². The number of carbonyl (C=O) groups excluding carboxylic acids is 1. The second kappa shape index (κ2) is 13.0. The Hall–Kier alpha value is -4.00. The van der Waals surface area contributed by atoms with Gasteiger partial charge in [-0.2, -0.15) is 9.97 Å². The highest BCUT2D eigenvalue weighted by Gasteiger charge is 2.49. The number of likely N-dealkylation sites (tertiary alicyclic amines) is 2. The van der Waals surface area contributed by atoms with Crippen LogP contribution in [-0.2, 0) is 4.79 Å². The lowest BCUT2D eigenvalue weighted by Gasteiger charge is -2.41. The Bertz CT molecular complexity index is 2010. The third-order valence-electron chi connectivity index (χ3n) is 11.0. The van der Waals surface area contributed by atoms with Gasteiger partial charge in [0.15, 0.2) is 5.82 Å². The normalized spacial score (nSPS) is 24.2. The van der Waals surface area contributed by atoms with E-state index < -0.39 is 23.3 Å². The van der Waals surface area contributed by atoms with Crippen molar-refractivity contribution in [1.29, 1.82) is 0 Å². The van der Waals surface area contributed by atoms with Crippen molar-refractivity contribution in [3.8, 4) is 17.3 Å². The fourth-order valence-corrected chi connectivity index (χ4v) is 8.41. The van der Waals surface area contributed by atoms with E-state index >= 15 is 4.39 Å². The number of aromatic nitrogens is 3. The first kappa shape index (κ1) is 33.2. The highest BCUT2D eigenvalue weighted by Crippen LogP contribution is 2.41. The van der Waals surface area contributed by atoms with Crippen LogP contribution < -0.4 is 9.64 Å². The van der Waals surface area contributed by atoms with Crippen molar-refractivity contribution in [1.82, 2.24) is 29.7 Å². The zero-order valence-electron chi connectivity index (χ0n) is 28.1. The molecule has 4 saturated heterocycles. The fraction of sp³-hybridized carbons (Fsp3) is 0.459. The molecule has 2 aromatic carbocycles. The summed E-state index contributed by atoms with van der Waals surface area (Å²) < 4.78 is 52.1. The lowest BCUT2D eigenvalue weighted by atomic mass is 9.95. The second-order valence-electron chi connectivity index (χ2n) is 14.3. The van der Waals surface area contributed by atoms with E-state index in [0.717, 1.165) is 32.4 Å². The van der Waals surface area contributed by atoms with Gasteiger partial charge < -0.3 is 14.5 Å². The number of halogens is 4. The van der Waals surface area contributed by atoms with Crippen LogP contribution in [-0.4, -0.2) is 113 Å². The number of amides is 1. The monoisotopic (exact) mass is 705 g/mol. The highest BCUT2D eigenvalue weighted by atomic mass is 35.5. The third kappa shape index (κ3) is 5.84. The van der Waals surface area contributed by atoms with E-state index in [2.05, 4.69) is 19.8 Å². The Balaban J connectivity index is 1.10. The Morgan fingerprint density at radius 3 is 2.78 bits per heavy atom. The van der Waals surface area contributed by atoms with Crippen molar-refractivity contribution in [2.24, 2.45) is 5.92 Å². The molecule has 9 nitrogen and oxygen atoms in total. The van der Waals surface area contributed by atoms with Gasteiger partial charge in [0.2, 0.25) is 5.91 Å². The molecule has 0 bridgehead atoms. The topological polar surface area (TPSA) is 77.9 Å². The average Bonchev–Trinajstić information content (AvgIpc) is 3.61. The molecule has 0 spiro atoms. The molecule has 0 aliphatic carbocycles. The van der Waals surface area contributed by atoms with E-state index in [1.165, 1.54) is 12.3 Å². The SMILES string of the molecule is CN(CC1CN(C(=O)/C=C/[C@@H]2CCN2C)C1)c1nc(OCC23CCCN2C[C@H](F)C3)nc2c(F)c(-c3cccc4ccc(F)c(Cl)c34)ncc12. The minimum Gasteiger partial charge on any atom is -0.461 e. The van der Waals surface area contributed by atoms with Crippen LogP contribution in [0.5, 0.6) is 6.01 Å². The molecule has 4 aromatic rings. The smallest absolute Gasteiger partial charge is 0.319 e. The first-order chi connectivity index (χ1) is 24.1. The summed E-state index contributed by atoms with van der Waals surface area (Å²) >= 11 is 6.41. The summed E-state index contributed by atoms with van der Waals surface area (Å²) in [6.07, 6.45) is 7.44. The Labute approximate surface area is 293 Å². The third-order valence-corrected chi connectivity index (χ3v) is 11.4. The van der Waals surface area contributed by atoms with Gasteiger partial charge in [0.25, 0.3) is 0 Å². The van der Waals surface area contributed by atoms with Crippen molar-refractivity contribution in [2.45, 2.75) is 43.4 Å². The van der Waals surface area contributed by atoms with Crippen LogP contribution in [0, 0.1) is 17.6 Å². The van der Waals surface area contributed by atoms with Crippen molar-refractivity contribution in [3.05, 3.63) is 65.3 Å². The van der Waals surface area contributed by atoms with Crippen molar-refractivity contribution in [2.75, 3.05) is 64.9 Å². The number of benzene rings is 2. The van der Waals surface area contributed by atoms with E-state index in [-0.39, 0.29) is 40.7 Å². The molecule has 0 saturated carbocycles. The van der Waals surface area contributed by atoms with E-state index in [9.17, 15) is 13.6 Å². The first-order valence-corrected chi connectivity index (χ1v) is 17.6. The first-order valence-electron chi connectivity index (χ1n) is 17.2. The zero-order valence-corrected chi connectivity index (χ0v) is 28.8. The summed E-state index contributed by atoms with van der Waals surface area (Å²) in [6, 6.07) is 8.35. The van der Waals surface area contributed by atoms with Gasteiger partial charge in [-0.1, -0.05) is 41.9 Å². The summed E-state index contributed by atoms with van der Waals surface area (Å²) in [5.41, 5.74) is -0.141. The molecule has 50 heavy (non-hydrogen) atoms. The molecular weight excluding hydrogens is 667 g/mol. The average molecular weight is 706 g/mol. The molecule has 4 fully saturated rings. The lowest BCUT2D eigenvalue weighted by molar-refractivity contribution is -0.131. The number of pyridine rings is 1. The molecule has 0 radical (unpaired) electrons. The number of carbonyl (C=O) groups is 1. The molecule has 4 aliphatic rings. The molecule has 1 unspecified atom stereocenters. The summed E-state index contributed by atoms with van der Waals surface area (Å²) in [4.78, 5) is 34.7. The number of hydrogen-bond acceptors (Lipinski definition) is 8. The molecule has 13 heteroatoms. The molecule has 8 rings (SSSR count). The number of alkyl halides is 1. The van der Waals surface area contributed by atoms with Crippen LogP contribution in [0.4, 0.5) is 19.0 Å². The van der Waals surface area contributed by atoms with Crippen LogP contribution >= 0.6 is 11.6 Å². The largest absolute Gasteiger partial charge is 0.461 e. The fourth-order valence-electron chi connectivity index (χ4n) is 8.14. The number of anilines is 1. The molecule has 1 amide bonds. The van der Waals surface area contributed by atoms with Crippen molar-refractivity contribution < 1.29 is 22.7 Å². The summed E-state index contributed by atoms with van der Waals surface area (Å²) in [5, 5.41) is 1.26. The van der Waals surface area contributed by atoms with E-state index in [1.807, 2.05) is 30.0 Å². The lowest BCUT2D eigenvalue weighted by Crippen LogP contribution is -2.53. The molecule has 262 valence electrons.